The molecule has 1 amide bonds. The molecular weight excluding hydrogens is 330 g/mol. The second-order valence-electron chi connectivity index (χ2n) is 5.03. The first-order chi connectivity index (χ1) is 11.5. The molecule has 0 spiro atoms. The highest BCUT2D eigenvalue weighted by atomic mass is 32.1. The third-order valence-electron chi connectivity index (χ3n) is 3.28. The lowest BCUT2D eigenvalue weighted by Gasteiger charge is -2.05. The van der Waals surface area contributed by atoms with E-state index < -0.39 is 4.92 Å². The molecule has 0 saturated heterocycles. The van der Waals surface area contributed by atoms with E-state index in [4.69, 9.17) is 4.74 Å². The number of nitrogens with zero attached hydrogens (tertiary/aromatic N) is 2. The number of carbonyl (C=O) groups excluding carboxylic acids is 1. The Morgan fingerprint density at radius 1 is 1.29 bits per heavy atom. The van der Waals surface area contributed by atoms with E-state index >= 15 is 0 Å². The maximum Gasteiger partial charge on any atom is 0.269 e. The Balaban J connectivity index is 1.60. The van der Waals surface area contributed by atoms with Crippen molar-refractivity contribution in [3.63, 3.8) is 0 Å². The Morgan fingerprint density at radius 3 is 2.71 bits per heavy atom. The van der Waals surface area contributed by atoms with Gasteiger partial charge in [0.2, 0.25) is 0 Å². The third-order valence-corrected chi connectivity index (χ3v) is 4.22. The van der Waals surface area contributed by atoms with Crippen molar-refractivity contribution in [3.8, 4) is 5.75 Å². The highest BCUT2D eigenvalue weighted by Crippen LogP contribution is 2.27. The van der Waals surface area contributed by atoms with Gasteiger partial charge in [-0.05, 0) is 30.7 Å². The highest BCUT2D eigenvalue weighted by molar-refractivity contribution is 7.22. The number of benzene rings is 2. The number of rotatable bonds is 5. The van der Waals surface area contributed by atoms with Gasteiger partial charge in [-0.15, -0.1) is 0 Å². The van der Waals surface area contributed by atoms with E-state index in [9.17, 15) is 14.9 Å². The summed E-state index contributed by atoms with van der Waals surface area (Å²) in [4.78, 5) is 26.4. The number of thiazole rings is 1. The number of anilines is 1. The van der Waals surface area contributed by atoms with Crippen LogP contribution in [0.1, 0.15) is 5.56 Å². The Hall–Kier alpha value is -3.00. The molecule has 3 rings (SSSR count). The van der Waals surface area contributed by atoms with Crippen LogP contribution in [0.15, 0.2) is 42.5 Å². The molecule has 8 heteroatoms. The molecule has 1 N–H and O–H groups in total. The topological polar surface area (TPSA) is 94.4 Å². The molecule has 1 aromatic heterocycles. The van der Waals surface area contributed by atoms with Crippen molar-refractivity contribution in [2.75, 3.05) is 11.9 Å². The zero-order valence-corrected chi connectivity index (χ0v) is 13.5. The molecule has 2 aromatic carbocycles. The lowest BCUT2D eigenvalue weighted by molar-refractivity contribution is -0.384. The van der Waals surface area contributed by atoms with Gasteiger partial charge in [0.25, 0.3) is 11.6 Å². The summed E-state index contributed by atoms with van der Waals surface area (Å²) < 4.78 is 6.32. The first kappa shape index (κ1) is 15.9. The minimum absolute atomic E-state index is 0.0309. The molecule has 0 atom stereocenters. The predicted molar refractivity (Wildman–Crippen MR) is 91.6 cm³/mol. The van der Waals surface area contributed by atoms with Crippen LogP contribution in [0.3, 0.4) is 0 Å². The number of ether oxygens (including phenoxy) is 1. The molecule has 0 fully saturated rings. The summed E-state index contributed by atoms with van der Waals surface area (Å²) in [5.41, 5.74) is 1.89. The van der Waals surface area contributed by atoms with E-state index in [1.54, 1.807) is 0 Å². The number of carbonyl (C=O) groups is 1. The van der Waals surface area contributed by atoms with Crippen molar-refractivity contribution in [3.05, 3.63) is 58.1 Å². The number of fused-ring (bicyclic) bond motifs is 1. The first-order valence-corrected chi connectivity index (χ1v) is 7.88. The quantitative estimate of drug-likeness (QED) is 0.565. The van der Waals surface area contributed by atoms with Crippen molar-refractivity contribution in [1.82, 2.24) is 4.98 Å². The fraction of sp³-hybridized carbons (Fsp3) is 0.125. The molecule has 24 heavy (non-hydrogen) atoms. The van der Waals surface area contributed by atoms with Crippen LogP contribution in [0.2, 0.25) is 0 Å². The largest absolute Gasteiger partial charge is 0.484 e. The van der Waals surface area contributed by atoms with Gasteiger partial charge >= 0.3 is 0 Å². The van der Waals surface area contributed by atoms with Crippen LogP contribution in [0, 0.1) is 17.0 Å². The van der Waals surface area contributed by atoms with Crippen LogP contribution < -0.4 is 10.1 Å². The van der Waals surface area contributed by atoms with E-state index in [1.165, 1.54) is 35.6 Å². The van der Waals surface area contributed by atoms with Gasteiger partial charge < -0.3 is 4.74 Å². The number of non-ortho nitro benzene ring substituents is 1. The van der Waals surface area contributed by atoms with E-state index in [2.05, 4.69) is 10.3 Å². The van der Waals surface area contributed by atoms with Crippen LogP contribution in [0.4, 0.5) is 10.8 Å². The second kappa shape index (κ2) is 6.63. The predicted octanol–water partition coefficient (Wildman–Crippen LogP) is 3.53. The van der Waals surface area contributed by atoms with Crippen LogP contribution in [0.25, 0.3) is 10.2 Å². The van der Waals surface area contributed by atoms with Crippen molar-refractivity contribution in [2.45, 2.75) is 6.92 Å². The van der Waals surface area contributed by atoms with Crippen molar-refractivity contribution in [1.29, 1.82) is 0 Å². The lowest BCUT2D eigenvalue weighted by atomic mass is 10.2. The normalized spacial score (nSPS) is 10.5. The van der Waals surface area contributed by atoms with E-state index in [0.29, 0.717) is 10.9 Å². The molecule has 0 unspecified atom stereocenters. The van der Waals surface area contributed by atoms with E-state index in [-0.39, 0.29) is 18.2 Å². The molecule has 1 heterocycles. The summed E-state index contributed by atoms with van der Waals surface area (Å²) in [6.45, 7) is 1.76. The van der Waals surface area contributed by atoms with Crippen LogP contribution in [-0.2, 0) is 4.79 Å². The number of hydrogen-bond acceptors (Lipinski definition) is 6. The summed E-state index contributed by atoms with van der Waals surface area (Å²) in [7, 11) is 0. The van der Waals surface area contributed by atoms with Gasteiger partial charge in [0, 0.05) is 12.1 Å². The minimum atomic E-state index is -0.494. The number of nitrogens with one attached hydrogen (secondary N) is 1. The minimum Gasteiger partial charge on any atom is -0.484 e. The molecular formula is C16H13N3O4S. The summed E-state index contributed by atoms with van der Waals surface area (Å²) in [5.74, 6) is 0.0426. The molecule has 0 aliphatic heterocycles. The maximum absolute atomic E-state index is 11.9. The zero-order chi connectivity index (χ0) is 17.1. The van der Waals surface area contributed by atoms with Gasteiger partial charge in [0.15, 0.2) is 11.7 Å². The van der Waals surface area contributed by atoms with Crippen LogP contribution in [-0.4, -0.2) is 22.4 Å². The summed E-state index contributed by atoms with van der Waals surface area (Å²) in [5, 5.41) is 13.8. The van der Waals surface area contributed by atoms with E-state index in [0.717, 1.165) is 15.8 Å². The number of nitro benzene ring substituents is 1. The third kappa shape index (κ3) is 3.49. The van der Waals surface area contributed by atoms with E-state index in [1.807, 2.05) is 25.1 Å². The Kier molecular flexibility index (Phi) is 4.39. The SMILES string of the molecule is Cc1cccc2sc(NC(=O)COc3ccc([N+](=O)[O-])cc3)nc12. The Bertz CT molecular complexity index is 905. The summed E-state index contributed by atoms with van der Waals surface area (Å²) >= 11 is 1.39. The van der Waals surface area contributed by atoms with Crippen molar-refractivity contribution >= 4 is 38.3 Å². The molecule has 0 radical (unpaired) electrons. The molecule has 0 aliphatic carbocycles. The number of nitro groups is 1. The Labute approximate surface area is 141 Å². The van der Waals surface area contributed by atoms with Crippen molar-refractivity contribution < 1.29 is 14.5 Å². The zero-order valence-electron chi connectivity index (χ0n) is 12.7. The molecule has 0 aliphatic rings. The number of hydrogen-bond donors (Lipinski definition) is 1. The average Bonchev–Trinajstić information content (AvgIpc) is 2.97. The first-order valence-electron chi connectivity index (χ1n) is 7.06. The van der Waals surface area contributed by atoms with Gasteiger partial charge in [-0.25, -0.2) is 4.98 Å². The highest BCUT2D eigenvalue weighted by Gasteiger charge is 2.10. The molecule has 0 bridgehead atoms. The molecule has 0 saturated carbocycles. The standard InChI is InChI=1S/C16H13N3O4S/c1-10-3-2-4-13-15(10)18-16(24-13)17-14(20)9-23-12-7-5-11(6-8-12)19(21)22/h2-8H,9H2,1H3,(H,17,18,20). The van der Waals surface area contributed by atoms with Gasteiger partial charge in [0.05, 0.1) is 15.1 Å². The molecule has 7 nitrogen and oxygen atoms in total. The maximum atomic E-state index is 11.9. The average molecular weight is 343 g/mol. The second-order valence-corrected chi connectivity index (χ2v) is 6.06. The molecule has 122 valence electrons. The van der Waals surface area contributed by atoms with Crippen molar-refractivity contribution in [2.24, 2.45) is 0 Å². The number of aromatic nitrogens is 1. The fourth-order valence-corrected chi connectivity index (χ4v) is 3.07. The molecule has 3 aromatic rings. The monoisotopic (exact) mass is 343 g/mol. The smallest absolute Gasteiger partial charge is 0.269 e. The van der Waals surface area contributed by atoms with Gasteiger partial charge in [0.1, 0.15) is 5.75 Å². The van der Waals surface area contributed by atoms with Gasteiger partial charge in [-0.2, -0.15) is 0 Å². The number of para-hydroxylation sites is 1. The van der Waals surface area contributed by atoms with Gasteiger partial charge in [-0.1, -0.05) is 23.5 Å². The van der Waals surface area contributed by atoms with Crippen LogP contribution >= 0.6 is 11.3 Å². The van der Waals surface area contributed by atoms with Crippen LogP contribution in [0.5, 0.6) is 5.75 Å². The fourth-order valence-electron chi connectivity index (χ4n) is 2.11. The Morgan fingerprint density at radius 2 is 2.04 bits per heavy atom. The summed E-state index contributed by atoms with van der Waals surface area (Å²) in [6, 6.07) is 11.4. The van der Waals surface area contributed by atoms with Gasteiger partial charge in [-0.3, -0.25) is 20.2 Å². The number of aryl methyl sites for hydroxylation is 1. The lowest BCUT2D eigenvalue weighted by Crippen LogP contribution is -2.19. The number of amides is 1. The summed E-state index contributed by atoms with van der Waals surface area (Å²) in [6.07, 6.45) is 0.